The summed E-state index contributed by atoms with van der Waals surface area (Å²) in [4.78, 5) is 21.5. The molecule has 0 saturated carbocycles. The van der Waals surface area contributed by atoms with Gasteiger partial charge in [-0.1, -0.05) is 24.3 Å². The van der Waals surface area contributed by atoms with Crippen molar-refractivity contribution < 1.29 is 9.18 Å². The van der Waals surface area contributed by atoms with Crippen molar-refractivity contribution in [1.82, 2.24) is 14.8 Å². The van der Waals surface area contributed by atoms with E-state index in [1.54, 1.807) is 24.5 Å². The molecule has 6 nitrogen and oxygen atoms in total. The van der Waals surface area contributed by atoms with Gasteiger partial charge in [0.15, 0.2) is 0 Å². The van der Waals surface area contributed by atoms with Gasteiger partial charge in [-0.25, -0.2) is 9.18 Å². The molecule has 1 N–H and O–H groups in total. The highest BCUT2D eigenvalue weighted by molar-refractivity contribution is 5.89. The predicted molar refractivity (Wildman–Crippen MR) is 125 cm³/mol. The Balaban J connectivity index is 1.43. The van der Waals surface area contributed by atoms with Gasteiger partial charge in [-0.3, -0.25) is 9.88 Å². The highest BCUT2D eigenvalue weighted by Crippen LogP contribution is 2.22. The molecule has 1 fully saturated rings. The lowest BCUT2D eigenvalue weighted by atomic mass is 10.0. The zero-order valence-electron chi connectivity index (χ0n) is 18.3. The third kappa shape index (κ3) is 6.15. The number of halogens is 1. The van der Waals surface area contributed by atoms with Gasteiger partial charge in [-0.05, 0) is 60.4 Å². The Hall–Kier alpha value is -3.76. The second kappa shape index (κ2) is 10.7. The van der Waals surface area contributed by atoms with Crippen LogP contribution in [0.4, 0.5) is 14.9 Å². The number of nitriles is 1. The summed E-state index contributed by atoms with van der Waals surface area (Å²) >= 11 is 0. The number of carbonyl (C=O) groups excluding carboxylic acids is 1. The minimum Gasteiger partial charge on any atom is -0.317 e. The number of nitrogens with one attached hydrogen (secondary N) is 1. The molecule has 0 spiro atoms. The van der Waals surface area contributed by atoms with Crippen molar-refractivity contribution in [1.29, 1.82) is 5.26 Å². The van der Waals surface area contributed by atoms with Crippen molar-refractivity contribution in [2.75, 3.05) is 18.4 Å². The minimum absolute atomic E-state index is 0.0560. The number of anilines is 1. The average molecular weight is 444 g/mol. The summed E-state index contributed by atoms with van der Waals surface area (Å²) in [6, 6.07) is 19.4. The number of nitrogens with zero attached hydrogens (tertiary/aromatic N) is 4. The first-order valence-corrected chi connectivity index (χ1v) is 11.0. The van der Waals surface area contributed by atoms with Gasteiger partial charge in [0.25, 0.3) is 0 Å². The monoisotopic (exact) mass is 443 g/mol. The first-order valence-electron chi connectivity index (χ1n) is 11.0. The molecule has 33 heavy (non-hydrogen) atoms. The van der Waals surface area contributed by atoms with Gasteiger partial charge in [0.2, 0.25) is 0 Å². The molecule has 0 radical (unpaired) electrons. The second-order valence-corrected chi connectivity index (χ2v) is 8.25. The van der Waals surface area contributed by atoms with Crippen LogP contribution in [-0.4, -0.2) is 39.9 Å². The molecule has 0 bridgehead atoms. The molecule has 1 aliphatic heterocycles. The molecule has 1 aliphatic rings. The van der Waals surface area contributed by atoms with E-state index in [1.807, 2.05) is 41.3 Å². The number of pyridine rings is 1. The molecular weight excluding hydrogens is 417 g/mol. The fourth-order valence-electron chi connectivity index (χ4n) is 4.20. The molecule has 0 unspecified atom stereocenters. The Morgan fingerprint density at radius 3 is 2.64 bits per heavy atom. The summed E-state index contributed by atoms with van der Waals surface area (Å²) in [5.74, 6) is -0.389. The Labute approximate surface area is 193 Å². The summed E-state index contributed by atoms with van der Waals surface area (Å²) in [6.45, 7) is 2.90. The lowest BCUT2D eigenvalue weighted by Gasteiger charge is -2.38. The first kappa shape index (κ1) is 22.4. The van der Waals surface area contributed by atoms with Gasteiger partial charge in [0.05, 0.1) is 11.6 Å². The Morgan fingerprint density at radius 2 is 1.91 bits per heavy atom. The number of aromatic nitrogens is 1. The number of benzene rings is 2. The number of hydrogen-bond acceptors (Lipinski definition) is 4. The van der Waals surface area contributed by atoms with E-state index in [9.17, 15) is 9.18 Å². The van der Waals surface area contributed by atoms with Crippen LogP contribution in [-0.2, 0) is 13.1 Å². The zero-order chi connectivity index (χ0) is 23.0. The van der Waals surface area contributed by atoms with Crippen LogP contribution in [0.2, 0.25) is 0 Å². The number of amides is 2. The van der Waals surface area contributed by atoms with E-state index in [0.717, 1.165) is 43.6 Å². The molecular formula is C26H26FN5O. The summed E-state index contributed by atoms with van der Waals surface area (Å²) in [7, 11) is 0. The fourth-order valence-corrected chi connectivity index (χ4v) is 4.20. The van der Waals surface area contributed by atoms with E-state index < -0.39 is 0 Å². The van der Waals surface area contributed by atoms with Gasteiger partial charge < -0.3 is 10.2 Å². The van der Waals surface area contributed by atoms with Gasteiger partial charge in [0.1, 0.15) is 5.82 Å². The summed E-state index contributed by atoms with van der Waals surface area (Å²) < 4.78 is 13.6. The van der Waals surface area contributed by atoms with E-state index in [0.29, 0.717) is 17.8 Å². The third-order valence-electron chi connectivity index (χ3n) is 5.87. The summed E-state index contributed by atoms with van der Waals surface area (Å²) in [5, 5.41) is 12.0. The van der Waals surface area contributed by atoms with E-state index in [1.165, 1.54) is 12.1 Å². The third-order valence-corrected chi connectivity index (χ3v) is 5.87. The predicted octanol–water partition coefficient (Wildman–Crippen LogP) is 4.79. The number of rotatable bonds is 6. The number of carbonyl (C=O) groups is 1. The Morgan fingerprint density at radius 1 is 1.12 bits per heavy atom. The molecule has 3 aromatic rings. The van der Waals surface area contributed by atoms with Crippen LogP contribution in [0, 0.1) is 17.1 Å². The van der Waals surface area contributed by atoms with E-state index in [4.69, 9.17) is 5.26 Å². The molecule has 1 aromatic heterocycles. The first-order chi connectivity index (χ1) is 16.1. The number of piperidine rings is 1. The van der Waals surface area contributed by atoms with Crippen LogP contribution in [0.25, 0.3) is 0 Å². The van der Waals surface area contributed by atoms with Crippen LogP contribution in [0.15, 0.2) is 73.1 Å². The molecule has 7 heteroatoms. The van der Waals surface area contributed by atoms with E-state index in [2.05, 4.69) is 21.3 Å². The number of likely N-dealkylation sites (tertiary alicyclic amines) is 1. The van der Waals surface area contributed by atoms with Gasteiger partial charge in [-0.2, -0.15) is 5.26 Å². The van der Waals surface area contributed by atoms with E-state index in [-0.39, 0.29) is 17.9 Å². The topological polar surface area (TPSA) is 72.3 Å². The molecule has 2 aromatic carbocycles. The second-order valence-electron chi connectivity index (χ2n) is 8.25. The van der Waals surface area contributed by atoms with Crippen molar-refractivity contribution in [2.24, 2.45) is 0 Å². The van der Waals surface area contributed by atoms with Crippen LogP contribution < -0.4 is 5.32 Å². The van der Waals surface area contributed by atoms with Crippen LogP contribution in [0.1, 0.15) is 29.5 Å². The highest BCUT2D eigenvalue weighted by Gasteiger charge is 2.28. The lowest BCUT2D eigenvalue weighted by molar-refractivity contribution is 0.119. The van der Waals surface area contributed by atoms with Gasteiger partial charge >= 0.3 is 6.03 Å². The number of hydrogen-bond donors (Lipinski definition) is 1. The minimum atomic E-state index is -0.389. The quantitative estimate of drug-likeness (QED) is 0.595. The molecule has 2 amide bonds. The highest BCUT2D eigenvalue weighted by atomic mass is 19.1. The van der Waals surface area contributed by atoms with Gasteiger partial charge in [0, 0.05) is 50.3 Å². The molecule has 2 heterocycles. The standard InChI is InChI=1S/C26H26FN5O/c27-23-7-2-8-24(15-23)30-26(33)32(19-22-6-3-11-29-17-22)25-9-12-31(13-10-25)18-21-5-1-4-20(14-21)16-28/h1-8,11,14-15,17,25H,9-10,12-13,18-19H2,(H,30,33). The van der Waals surface area contributed by atoms with Crippen molar-refractivity contribution in [2.45, 2.75) is 32.0 Å². The van der Waals surface area contributed by atoms with Crippen molar-refractivity contribution in [3.05, 3.63) is 95.6 Å². The number of urea groups is 1. The molecule has 168 valence electrons. The maximum atomic E-state index is 13.6. The summed E-state index contributed by atoms with van der Waals surface area (Å²) in [5.41, 5.74) is 3.16. The Kier molecular flexibility index (Phi) is 7.28. The van der Waals surface area contributed by atoms with Crippen molar-refractivity contribution in [3.63, 3.8) is 0 Å². The lowest BCUT2D eigenvalue weighted by Crippen LogP contribution is -2.48. The van der Waals surface area contributed by atoms with Crippen molar-refractivity contribution >= 4 is 11.7 Å². The largest absolute Gasteiger partial charge is 0.322 e. The average Bonchev–Trinajstić information content (AvgIpc) is 2.84. The zero-order valence-corrected chi connectivity index (χ0v) is 18.3. The normalized spacial score (nSPS) is 14.4. The molecule has 1 saturated heterocycles. The maximum absolute atomic E-state index is 13.6. The molecule has 4 rings (SSSR count). The SMILES string of the molecule is N#Cc1cccc(CN2CCC(N(Cc3cccnc3)C(=O)Nc3cccc(F)c3)CC2)c1. The molecule has 0 aliphatic carbocycles. The molecule has 0 atom stereocenters. The van der Waals surface area contributed by atoms with Crippen LogP contribution >= 0.6 is 0 Å². The maximum Gasteiger partial charge on any atom is 0.322 e. The van der Waals surface area contributed by atoms with Crippen molar-refractivity contribution in [3.8, 4) is 6.07 Å². The smallest absolute Gasteiger partial charge is 0.317 e. The Bertz CT molecular complexity index is 1120. The van der Waals surface area contributed by atoms with Crippen LogP contribution in [0.3, 0.4) is 0 Å². The van der Waals surface area contributed by atoms with Gasteiger partial charge in [-0.15, -0.1) is 0 Å². The van der Waals surface area contributed by atoms with Crippen LogP contribution in [0.5, 0.6) is 0 Å². The summed E-state index contributed by atoms with van der Waals surface area (Å²) in [6.07, 6.45) is 5.13. The fraction of sp³-hybridized carbons (Fsp3) is 0.269. The van der Waals surface area contributed by atoms with E-state index >= 15 is 0 Å².